The van der Waals surface area contributed by atoms with Crippen LogP contribution in [-0.2, 0) is 16.1 Å². The number of esters is 1. The fourth-order valence-electron chi connectivity index (χ4n) is 1.28. The molecule has 0 amide bonds. The molecule has 0 fully saturated rings. The molecule has 1 aromatic rings. The highest BCUT2D eigenvalue weighted by atomic mass is 35.5. The third-order valence-electron chi connectivity index (χ3n) is 2.28. The first-order chi connectivity index (χ1) is 7.56. The minimum atomic E-state index is -0.609. The standard InChI is InChI=1S/C10H16ClN3O2/c1-3-16-10(15)9(12)4-5-14-7(2)8(11)6-13-14/h6,9H,3-5,12H2,1-2H3. The summed E-state index contributed by atoms with van der Waals surface area (Å²) in [7, 11) is 0. The number of ether oxygens (including phenoxy) is 1. The third kappa shape index (κ3) is 3.21. The largest absolute Gasteiger partial charge is 0.465 e. The first kappa shape index (κ1) is 13.0. The average molecular weight is 246 g/mol. The van der Waals surface area contributed by atoms with Crippen molar-refractivity contribution in [2.24, 2.45) is 5.73 Å². The van der Waals surface area contributed by atoms with Gasteiger partial charge in [-0.3, -0.25) is 9.48 Å². The maximum atomic E-state index is 11.3. The molecule has 0 aliphatic rings. The van der Waals surface area contributed by atoms with Gasteiger partial charge in [0.1, 0.15) is 6.04 Å². The Labute approximate surface area is 99.5 Å². The molecule has 1 atom stereocenters. The predicted molar refractivity (Wildman–Crippen MR) is 61.2 cm³/mol. The number of halogens is 1. The minimum Gasteiger partial charge on any atom is -0.465 e. The number of aryl methyl sites for hydroxylation is 1. The van der Waals surface area contributed by atoms with Crippen molar-refractivity contribution in [2.45, 2.75) is 32.9 Å². The predicted octanol–water partition coefficient (Wildman–Crippen LogP) is 1.13. The number of carbonyl (C=O) groups excluding carboxylic acids is 1. The second-order valence-corrected chi connectivity index (χ2v) is 3.86. The van der Waals surface area contributed by atoms with E-state index in [9.17, 15) is 4.79 Å². The molecule has 16 heavy (non-hydrogen) atoms. The molecule has 1 unspecified atom stereocenters. The zero-order chi connectivity index (χ0) is 12.1. The molecule has 0 aromatic carbocycles. The summed E-state index contributed by atoms with van der Waals surface area (Å²) in [5.41, 5.74) is 6.53. The number of aromatic nitrogens is 2. The monoisotopic (exact) mass is 245 g/mol. The molecule has 0 aliphatic carbocycles. The zero-order valence-corrected chi connectivity index (χ0v) is 10.2. The van der Waals surface area contributed by atoms with E-state index in [0.29, 0.717) is 24.6 Å². The van der Waals surface area contributed by atoms with Gasteiger partial charge in [0.2, 0.25) is 0 Å². The van der Waals surface area contributed by atoms with E-state index in [2.05, 4.69) is 5.10 Å². The van der Waals surface area contributed by atoms with Crippen molar-refractivity contribution < 1.29 is 9.53 Å². The van der Waals surface area contributed by atoms with Gasteiger partial charge >= 0.3 is 5.97 Å². The maximum absolute atomic E-state index is 11.3. The molecule has 1 aromatic heterocycles. The van der Waals surface area contributed by atoms with E-state index in [1.54, 1.807) is 17.8 Å². The van der Waals surface area contributed by atoms with Gasteiger partial charge < -0.3 is 10.5 Å². The highest BCUT2D eigenvalue weighted by Gasteiger charge is 2.15. The molecule has 90 valence electrons. The Kier molecular flexibility index (Phi) is 4.76. The molecule has 5 nitrogen and oxygen atoms in total. The molecule has 1 heterocycles. The maximum Gasteiger partial charge on any atom is 0.322 e. The van der Waals surface area contributed by atoms with Crippen molar-refractivity contribution in [1.29, 1.82) is 0 Å². The van der Waals surface area contributed by atoms with Crippen LogP contribution in [0.5, 0.6) is 0 Å². The summed E-state index contributed by atoms with van der Waals surface area (Å²) < 4.78 is 6.53. The molecule has 0 bridgehead atoms. The first-order valence-electron chi connectivity index (χ1n) is 5.16. The van der Waals surface area contributed by atoms with Crippen molar-refractivity contribution in [3.05, 3.63) is 16.9 Å². The van der Waals surface area contributed by atoms with Gasteiger partial charge in [0, 0.05) is 6.54 Å². The highest BCUT2D eigenvalue weighted by molar-refractivity contribution is 6.31. The Bertz CT molecular complexity index is 365. The number of nitrogens with two attached hydrogens (primary N) is 1. The Morgan fingerprint density at radius 2 is 2.44 bits per heavy atom. The number of rotatable bonds is 5. The number of nitrogens with zero attached hydrogens (tertiary/aromatic N) is 2. The van der Waals surface area contributed by atoms with E-state index < -0.39 is 6.04 Å². The lowest BCUT2D eigenvalue weighted by atomic mass is 10.2. The SMILES string of the molecule is CCOC(=O)C(N)CCn1ncc(Cl)c1C. The molecule has 0 aliphatic heterocycles. The normalized spacial score (nSPS) is 12.5. The molecule has 1 rings (SSSR count). The van der Waals surface area contributed by atoms with E-state index in [4.69, 9.17) is 22.1 Å². The fraction of sp³-hybridized carbons (Fsp3) is 0.600. The van der Waals surface area contributed by atoms with E-state index in [0.717, 1.165) is 5.69 Å². The molecule has 0 spiro atoms. The van der Waals surface area contributed by atoms with Crippen molar-refractivity contribution in [2.75, 3.05) is 6.61 Å². The van der Waals surface area contributed by atoms with Crippen molar-refractivity contribution in [3.8, 4) is 0 Å². The van der Waals surface area contributed by atoms with Crippen molar-refractivity contribution >= 4 is 17.6 Å². The molecular weight excluding hydrogens is 230 g/mol. The lowest BCUT2D eigenvalue weighted by Gasteiger charge is -2.11. The molecule has 2 N–H and O–H groups in total. The van der Waals surface area contributed by atoms with Gasteiger partial charge in [0.15, 0.2) is 0 Å². The van der Waals surface area contributed by atoms with Crippen LogP contribution in [-0.4, -0.2) is 28.4 Å². The molecule has 0 saturated heterocycles. The van der Waals surface area contributed by atoms with Crippen LogP contribution < -0.4 is 5.73 Å². The average Bonchev–Trinajstić information content (AvgIpc) is 2.57. The van der Waals surface area contributed by atoms with Gasteiger partial charge in [0.25, 0.3) is 0 Å². The summed E-state index contributed by atoms with van der Waals surface area (Å²) >= 11 is 5.85. The Morgan fingerprint density at radius 3 is 2.94 bits per heavy atom. The van der Waals surface area contributed by atoms with Crippen LogP contribution in [0.25, 0.3) is 0 Å². The van der Waals surface area contributed by atoms with Crippen molar-refractivity contribution in [3.63, 3.8) is 0 Å². The van der Waals surface area contributed by atoms with E-state index in [1.807, 2.05) is 6.92 Å². The first-order valence-corrected chi connectivity index (χ1v) is 5.54. The van der Waals surface area contributed by atoms with Gasteiger partial charge in [-0.25, -0.2) is 0 Å². The smallest absolute Gasteiger partial charge is 0.322 e. The quantitative estimate of drug-likeness (QED) is 0.790. The zero-order valence-electron chi connectivity index (χ0n) is 9.44. The Balaban J connectivity index is 2.45. The highest BCUT2D eigenvalue weighted by Crippen LogP contribution is 2.13. The minimum absolute atomic E-state index is 0.346. The molecule has 6 heteroatoms. The summed E-state index contributed by atoms with van der Waals surface area (Å²) in [6.07, 6.45) is 2.06. The van der Waals surface area contributed by atoms with Crippen LogP contribution in [0.4, 0.5) is 0 Å². The van der Waals surface area contributed by atoms with E-state index >= 15 is 0 Å². The van der Waals surface area contributed by atoms with Gasteiger partial charge in [-0.1, -0.05) is 11.6 Å². The number of hydrogen-bond donors (Lipinski definition) is 1. The van der Waals surface area contributed by atoms with Gasteiger partial charge in [-0.15, -0.1) is 0 Å². The van der Waals surface area contributed by atoms with Gasteiger partial charge in [0.05, 0.1) is 23.5 Å². The third-order valence-corrected chi connectivity index (χ3v) is 2.66. The molecule has 0 saturated carbocycles. The summed E-state index contributed by atoms with van der Waals surface area (Å²) in [5.74, 6) is -0.376. The molecule has 0 radical (unpaired) electrons. The summed E-state index contributed by atoms with van der Waals surface area (Å²) in [4.78, 5) is 11.3. The summed E-state index contributed by atoms with van der Waals surface area (Å²) in [5, 5.41) is 4.69. The lowest BCUT2D eigenvalue weighted by Crippen LogP contribution is -2.33. The number of hydrogen-bond acceptors (Lipinski definition) is 4. The fourth-order valence-corrected chi connectivity index (χ4v) is 1.42. The van der Waals surface area contributed by atoms with Crippen LogP contribution in [0.15, 0.2) is 6.20 Å². The summed E-state index contributed by atoms with van der Waals surface area (Å²) in [6, 6.07) is -0.609. The summed E-state index contributed by atoms with van der Waals surface area (Å²) in [6.45, 7) is 4.52. The number of carbonyl (C=O) groups is 1. The van der Waals surface area contributed by atoms with Crippen LogP contribution >= 0.6 is 11.6 Å². The second-order valence-electron chi connectivity index (χ2n) is 3.45. The lowest BCUT2D eigenvalue weighted by molar-refractivity contribution is -0.144. The van der Waals surface area contributed by atoms with Crippen LogP contribution in [0.3, 0.4) is 0 Å². The second kappa shape index (κ2) is 5.86. The van der Waals surface area contributed by atoms with Crippen LogP contribution in [0.1, 0.15) is 19.0 Å². The van der Waals surface area contributed by atoms with E-state index in [-0.39, 0.29) is 5.97 Å². The topological polar surface area (TPSA) is 70.1 Å². The van der Waals surface area contributed by atoms with Crippen LogP contribution in [0.2, 0.25) is 5.02 Å². The Morgan fingerprint density at radius 1 is 1.75 bits per heavy atom. The Hall–Kier alpha value is -1.07. The van der Waals surface area contributed by atoms with Crippen LogP contribution in [0, 0.1) is 6.92 Å². The molecular formula is C10H16ClN3O2. The van der Waals surface area contributed by atoms with Gasteiger partial charge in [-0.2, -0.15) is 5.10 Å². The van der Waals surface area contributed by atoms with Crippen molar-refractivity contribution in [1.82, 2.24) is 9.78 Å². The van der Waals surface area contributed by atoms with Gasteiger partial charge in [-0.05, 0) is 20.3 Å². The van der Waals surface area contributed by atoms with E-state index in [1.165, 1.54) is 0 Å².